The summed E-state index contributed by atoms with van der Waals surface area (Å²) < 4.78 is 0. The molecule has 3 fully saturated rings. The molecule has 3 aliphatic rings. The molecular weight excluding hydrogens is 466 g/mol. The average Bonchev–Trinajstić information content (AvgIpc) is 3.20. The molecule has 1 spiro atoms. The molecule has 2 N–H and O–H groups in total. The second-order valence-corrected chi connectivity index (χ2v) is 10.5. The normalized spacial score (nSPS) is 19.8. The van der Waals surface area contributed by atoms with Gasteiger partial charge in [-0.2, -0.15) is 0 Å². The van der Waals surface area contributed by atoms with Crippen LogP contribution in [0.3, 0.4) is 0 Å². The van der Waals surface area contributed by atoms with Crippen LogP contribution in [0.25, 0.3) is 0 Å². The summed E-state index contributed by atoms with van der Waals surface area (Å²) in [6.45, 7) is 2.07. The standard InChI is InChI=1S/C29H37N5O3/c35-26(30-20-23-10-4-1-5-11-23)21-33-22-34(25-14-8-3-9-15-25)29(27(33)36)16-18-32(19-17-29)28(37)31-24-12-6-2-7-13-24/h2-3,6-9,12-15,23H,1,4-5,10-11,16-22H2,(H,30,35)(H,31,37). The first kappa shape index (κ1) is 25.1. The number of rotatable bonds is 6. The number of piperidine rings is 1. The predicted molar refractivity (Wildman–Crippen MR) is 144 cm³/mol. The third-order valence-electron chi connectivity index (χ3n) is 8.13. The van der Waals surface area contributed by atoms with E-state index in [1.54, 1.807) is 9.80 Å². The number of hydrogen-bond donors (Lipinski definition) is 2. The zero-order valence-corrected chi connectivity index (χ0v) is 21.4. The van der Waals surface area contributed by atoms with Crippen molar-refractivity contribution in [1.29, 1.82) is 0 Å². The number of nitrogens with zero attached hydrogens (tertiary/aromatic N) is 3. The Hall–Kier alpha value is -3.55. The minimum absolute atomic E-state index is 0.0210. The van der Waals surface area contributed by atoms with Gasteiger partial charge in [0, 0.05) is 31.0 Å². The van der Waals surface area contributed by atoms with Gasteiger partial charge in [0.1, 0.15) is 12.1 Å². The Kier molecular flexibility index (Phi) is 7.63. The fourth-order valence-corrected chi connectivity index (χ4v) is 6.00. The van der Waals surface area contributed by atoms with Crippen molar-refractivity contribution in [2.24, 2.45) is 5.92 Å². The Labute approximate surface area is 219 Å². The molecule has 2 aromatic carbocycles. The van der Waals surface area contributed by atoms with Gasteiger partial charge in [-0.05, 0) is 55.9 Å². The average molecular weight is 504 g/mol. The van der Waals surface area contributed by atoms with Crippen molar-refractivity contribution in [3.05, 3.63) is 60.7 Å². The van der Waals surface area contributed by atoms with Gasteiger partial charge in [0.15, 0.2) is 0 Å². The van der Waals surface area contributed by atoms with E-state index >= 15 is 0 Å². The van der Waals surface area contributed by atoms with E-state index in [0.29, 0.717) is 45.1 Å². The molecule has 196 valence electrons. The lowest BCUT2D eigenvalue weighted by molar-refractivity contribution is -0.137. The molecule has 1 saturated carbocycles. The number of carbonyl (C=O) groups is 3. The maximum Gasteiger partial charge on any atom is 0.321 e. The summed E-state index contributed by atoms with van der Waals surface area (Å²) in [7, 11) is 0. The summed E-state index contributed by atoms with van der Waals surface area (Å²) >= 11 is 0. The summed E-state index contributed by atoms with van der Waals surface area (Å²) in [5.74, 6) is 0.432. The van der Waals surface area contributed by atoms with Gasteiger partial charge >= 0.3 is 6.03 Å². The molecule has 5 rings (SSSR count). The SMILES string of the molecule is O=C(CN1CN(c2ccccc2)C2(CCN(C(=O)Nc3ccccc3)CC2)C1=O)NCC1CCCCC1. The van der Waals surface area contributed by atoms with Crippen LogP contribution in [0, 0.1) is 5.92 Å². The Morgan fingerprint density at radius 2 is 1.54 bits per heavy atom. The number of urea groups is 1. The Morgan fingerprint density at radius 1 is 0.892 bits per heavy atom. The Balaban J connectivity index is 1.25. The largest absolute Gasteiger partial charge is 0.354 e. The number of nitrogens with one attached hydrogen (secondary N) is 2. The van der Waals surface area contributed by atoms with Crippen LogP contribution in [0.15, 0.2) is 60.7 Å². The second kappa shape index (κ2) is 11.2. The first-order valence-corrected chi connectivity index (χ1v) is 13.5. The number of carbonyl (C=O) groups excluding carboxylic acids is 3. The maximum atomic E-state index is 13.9. The highest BCUT2D eigenvalue weighted by atomic mass is 16.2. The van der Waals surface area contributed by atoms with E-state index in [4.69, 9.17) is 0 Å². The molecule has 0 atom stereocenters. The van der Waals surface area contributed by atoms with Crippen molar-refractivity contribution in [2.45, 2.75) is 50.5 Å². The first-order chi connectivity index (χ1) is 18.0. The number of benzene rings is 2. The van der Waals surface area contributed by atoms with E-state index in [1.165, 1.54) is 32.1 Å². The third kappa shape index (κ3) is 5.58. The fraction of sp³-hybridized carbons (Fsp3) is 0.483. The lowest BCUT2D eigenvalue weighted by Gasteiger charge is -2.43. The van der Waals surface area contributed by atoms with Crippen LogP contribution in [0.5, 0.6) is 0 Å². The molecular formula is C29H37N5O3. The molecule has 0 unspecified atom stereocenters. The zero-order chi connectivity index (χ0) is 25.7. The van der Waals surface area contributed by atoms with Gasteiger partial charge < -0.3 is 25.3 Å². The molecule has 0 radical (unpaired) electrons. The molecule has 4 amide bonds. The van der Waals surface area contributed by atoms with Gasteiger partial charge in [0.25, 0.3) is 5.91 Å². The molecule has 0 aromatic heterocycles. The van der Waals surface area contributed by atoms with Crippen LogP contribution in [0.1, 0.15) is 44.9 Å². The van der Waals surface area contributed by atoms with Crippen molar-refractivity contribution >= 4 is 29.2 Å². The van der Waals surface area contributed by atoms with Crippen LogP contribution < -0.4 is 15.5 Å². The lowest BCUT2D eigenvalue weighted by atomic mass is 9.85. The summed E-state index contributed by atoms with van der Waals surface area (Å²) in [5, 5.41) is 6.02. The van der Waals surface area contributed by atoms with Crippen LogP contribution in [0.4, 0.5) is 16.2 Å². The Bertz CT molecular complexity index is 1080. The molecule has 2 saturated heterocycles. The van der Waals surface area contributed by atoms with Gasteiger partial charge in [0.05, 0.1) is 6.67 Å². The minimum atomic E-state index is -0.755. The minimum Gasteiger partial charge on any atom is -0.354 e. The number of para-hydroxylation sites is 2. The van der Waals surface area contributed by atoms with Gasteiger partial charge in [-0.25, -0.2) is 4.79 Å². The predicted octanol–water partition coefficient (Wildman–Crippen LogP) is 4.06. The molecule has 1 aliphatic carbocycles. The van der Waals surface area contributed by atoms with Gasteiger partial charge in [-0.3, -0.25) is 9.59 Å². The Morgan fingerprint density at radius 3 is 2.22 bits per heavy atom. The van der Waals surface area contributed by atoms with Gasteiger partial charge in [0.2, 0.25) is 5.91 Å². The quantitative estimate of drug-likeness (QED) is 0.623. The molecule has 8 heteroatoms. The van der Waals surface area contributed by atoms with E-state index < -0.39 is 5.54 Å². The van der Waals surface area contributed by atoms with Gasteiger partial charge in [-0.1, -0.05) is 55.7 Å². The highest BCUT2D eigenvalue weighted by Gasteiger charge is 2.54. The summed E-state index contributed by atoms with van der Waals surface area (Å²) in [4.78, 5) is 45.2. The second-order valence-electron chi connectivity index (χ2n) is 10.5. The van der Waals surface area contributed by atoms with E-state index in [1.807, 2.05) is 60.7 Å². The number of anilines is 2. The topological polar surface area (TPSA) is 85.0 Å². The van der Waals surface area contributed by atoms with E-state index in [0.717, 1.165) is 11.4 Å². The summed E-state index contributed by atoms with van der Waals surface area (Å²) in [6.07, 6.45) is 7.13. The molecule has 2 heterocycles. The van der Waals surface area contributed by atoms with Crippen molar-refractivity contribution in [3.63, 3.8) is 0 Å². The van der Waals surface area contributed by atoms with Gasteiger partial charge in [-0.15, -0.1) is 0 Å². The smallest absolute Gasteiger partial charge is 0.321 e. The molecule has 0 bridgehead atoms. The van der Waals surface area contributed by atoms with E-state index in [2.05, 4.69) is 15.5 Å². The molecule has 37 heavy (non-hydrogen) atoms. The number of hydrogen-bond acceptors (Lipinski definition) is 4. The van der Waals surface area contributed by atoms with Crippen LogP contribution in [-0.2, 0) is 9.59 Å². The molecule has 2 aliphatic heterocycles. The summed E-state index contributed by atoms with van der Waals surface area (Å²) in [5.41, 5.74) is 0.957. The van der Waals surface area contributed by atoms with Crippen molar-refractivity contribution in [3.8, 4) is 0 Å². The number of likely N-dealkylation sites (tertiary alicyclic amines) is 1. The molecule has 2 aromatic rings. The van der Waals surface area contributed by atoms with E-state index in [-0.39, 0.29) is 24.4 Å². The maximum absolute atomic E-state index is 13.9. The third-order valence-corrected chi connectivity index (χ3v) is 8.13. The van der Waals surface area contributed by atoms with Crippen LogP contribution in [-0.4, -0.2) is 66.0 Å². The highest BCUT2D eigenvalue weighted by molar-refractivity contribution is 5.96. The summed E-state index contributed by atoms with van der Waals surface area (Å²) in [6, 6.07) is 19.2. The van der Waals surface area contributed by atoms with E-state index in [9.17, 15) is 14.4 Å². The monoisotopic (exact) mass is 503 g/mol. The lowest BCUT2D eigenvalue weighted by Crippen LogP contribution is -2.58. The highest BCUT2D eigenvalue weighted by Crippen LogP contribution is 2.39. The first-order valence-electron chi connectivity index (χ1n) is 13.5. The van der Waals surface area contributed by atoms with Crippen molar-refractivity contribution < 1.29 is 14.4 Å². The van der Waals surface area contributed by atoms with Crippen molar-refractivity contribution in [2.75, 3.05) is 43.1 Å². The van der Waals surface area contributed by atoms with Crippen LogP contribution in [0.2, 0.25) is 0 Å². The number of amides is 4. The van der Waals surface area contributed by atoms with Crippen molar-refractivity contribution in [1.82, 2.24) is 15.1 Å². The van der Waals surface area contributed by atoms with Crippen LogP contribution >= 0.6 is 0 Å². The fourth-order valence-electron chi connectivity index (χ4n) is 6.00. The zero-order valence-electron chi connectivity index (χ0n) is 21.4. The molecule has 8 nitrogen and oxygen atoms in total.